The standard InChI is InChI=1S/C36H68O11/c1-2-3-4-5-6-7-8-9-10-11-12-13-14-15-16-17-20-40-21-22-41-23-24-42-25-26-43-27-28-44-29-30-45-31-32-46-33-34-47-36(39)19-18-35(37)38/h18-19H,2-17,20-34H2,1H3,(H,37,38). The van der Waals surface area contributed by atoms with Gasteiger partial charge in [-0.3, -0.25) is 0 Å². The lowest BCUT2D eigenvalue weighted by Gasteiger charge is -2.08. The zero-order chi connectivity index (χ0) is 34.1. The minimum atomic E-state index is -1.21. The highest BCUT2D eigenvalue weighted by atomic mass is 16.6. The summed E-state index contributed by atoms with van der Waals surface area (Å²) < 4.78 is 43.0. The summed E-state index contributed by atoms with van der Waals surface area (Å²) in [7, 11) is 0. The highest BCUT2D eigenvalue weighted by Gasteiger charge is 1.99. The molecule has 0 aromatic rings. The Morgan fingerprint density at radius 3 is 0.979 bits per heavy atom. The quantitative estimate of drug-likeness (QED) is 0.0431. The number of carbonyl (C=O) groups excluding carboxylic acids is 1. The first-order chi connectivity index (χ1) is 23.2. The lowest BCUT2D eigenvalue weighted by atomic mass is 10.0. The molecule has 0 amide bonds. The fraction of sp³-hybridized carbons (Fsp3) is 0.889. The van der Waals surface area contributed by atoms with Crippen molar-refractivity contribution in [2.45, 2.75) is 110 Å². The molecular weight excluding hydrogens is 608 g/mol. The van der Waals surface area contributed by atoms with Gasteiger partial charge in [0.05, 0.1) is 85.9 Å². The number of ether oxygens (including phenoxy) is 8. The Bertz CT molecular complexity index is 675. The van der Waals surface area contributed by atoms with Gasteiger partial charge < -0.3 is 43.0 Å². The molecule has 0 radical (unpaired) electrons. The van der Waals surface area contributed by atoms with Gasteiger partial charge in [-0.1, -0.05) is 103 Å². The predicted molar refractivity (Wildman–Crippen MR) is 183 cm³/mol. The van der Waals surface area contributed by atoms with E-state index in [9.17, 15) is 9.59 Å². The van der Waals surface area contributed by atoms with Crippen molar-refractivity contribution in [3.05, 3.63) is 12.2 Å². The number of esters is 1. The number of carboxylic acid groups (broad SMARTS) is 1. The maximum Gasteiger partial charge on any atom is 0.331 e. The molecular formula is C36H68O11. The number of hydrogen-bond donors (Lipinski definition) is 1. The van der Waals surface area contributed by atoms with Gasteiger partial charge in [-0.25, -0.2) is 9.59 Å². The van der Waals surface area contributed by atoms with Crippen LogP contribution in [0.4, 0.5) is 0 Å². The smallest absolute Gasteiger partial charge is 0.331 e. The summed E-state index contributed by atoms with van der Waals surface area (Å²) in [6.45, 7) is 9.28. The molecule has 0 aliphatic rings. The normalized spacial score (nSPS) is 11.5. The summed E-state index contributed by atoms with van der Waals surface area (Å²) in [5.41, 5.74) is 0. The van der Waals surface area contributed by atoms with Gasteiger partial charge in [0.2, 0.25) is 0 Å². The molecule has 0 spiro atoms. The summed E-state index contributed by atoms with van der Waals surface area (Å²) >= 11 is 0. The third kappa shape index (κ3) is 42.4. The summed E-state index contributed by atoms with van der Waals surface area (Å²) in [5, 5.41) is 8.41. The van der Waals surface area contributed by atoms with Crippen molar-refractivity contribution in [2.75, 3.05) is 99.1 Å². The van der Waals surface area contributed by atoms with E-state index in [0.29, 0.717) is 79.3 Å². The van der Waals surface area contributed by atoms with Gasteiger partial charge in [0.1, 0.15) is 6.61 Å². The van der Waals surface area contributed by atoms with Crippen LogP contribution in [-0.2, 0) is 47.5 Å². The highest BCUT2D eigenvalue weighted by molar-refractivity contribution is 5.90. The van der Waals surface area contributed by atoms with Gasteiger partial charge in [-0.05, 0) is 6.42 Å². The number of rotatable bonds is 40. The van der Waals surface area contributed by atoms with Crippen LogP contribution in [0.15, 0.2) is 12.2 Å². The molecule has 0 aliphatic heterocycles. The van der Waals surface area contributed by atoms with Crippen molar-refractivity contribution in [3.63, 3.8) is 0 Å². The molecule has 47 heavy (non-hydrogen) atoms. The first-order valence-corrected chi connectivity index (χ1v) is 18.3. The second-order valence-corrected chi connectivity index (χ2v) is 11.4. The van der Waals surface area contributed by atoms with Crippen LogP contribution in [0.3, 0.4) is 0 Å². The average Bonchev–Trinajstić information content (AvgIpc) is 3.06. The third-order valence-corrected chi connectivity index (χ3v) is 7.21. The lowest BCUT2D eigenvalue weighted by Crippen LogP contribution is -2.15. The number of carbonyl (C=O) groups is 2. The van der Waals surface area contributed by atoms with E-state index in [2.05, 4.69) is 6.92 Å². The van der Waals surface area contributed by atoms with Crippen molar-refractivity contribution in [2.24, 2.45) is 0 Å². The molecule has 0 saturated carbocycles. The van der Waals surface area contributed by atoms with Crippen molar-refractivity contribution >= 4 is 11.9 Å². The molecule has 0 aliphatic carbocycles. The SMILES string of the molecule is CCCCCCCCCCCCCCCCCCOCCOCCOCCOCCOCCOCCOCCOC(=O)C=CC(=O)O. The molecule has 11 nitrogen and oxygen atoms in total. The van der Waals surface area contributed by atoms with Crippen LogP contribution >= 0.6 is 0 Å². The molecule has 0 rings (SSSR count). The molecule has 0 heterocycles. The van der Waals surface area contributed by atoms with Crippen molar-refractivity contribution in [1.82, 2.24) is 0 Å². The van der Waals surface area contributed by atoms with E-state index in [-0.39, 0.29) is 13.2 Å². The lowest BCUT2D eigenvalue weighted by molar-refractivity contribution is -0.140. The Morgan fingerprint density at radius 2 is 0.660 bits per heavy atom. The fourth-order valence-corrected chi connectivity index (χ4v) is 4.56. The maximum absolute atomic E-state index is 11.1. The van der Waals surface area contributed by atoms with Crippen LogP contribution in [0.25, 0.3) is 0 Å². The van der Waals surface area contributed by atoms with Crippen molar-refractivity contribution < 1.29 is 52.6 Å². The molecule has 0 saturated heterocycles. The first-order valence-electron chi connectivity index (χ1n) is 18.3. The fourth-order valence-electron chi connectivity index (χ4n) is 4.56. The molecule has 0 fully saturated rings. The Labute approximate surface area is 285 Å². The van der Waals surface area contributed by atoms with Crippen molar-refractivity contribution in [1.29, 1.82) is 0 Å². The van der Waals surface area contributed by atoms with Crippen LogP contribution in [-0.4, -0.2) is 116 Å². The number of unbranched alkanes of at least 4 members (excludes halogenated alkanes) is 15. The molecule has 278 valence electrons. The predicted octanol–water partition coefficient (Wildman–Crippen LogP) is 6.55. The van der Waals surface area contributed by atoms with E-state index in [0.717, 1.165) is 25.2 Å². The molecule has 11 heteroatoms. The minimum Gasteiger partial charge on any atom is -0.478 e. The highest BCUT2D eigenvalue weighted by Crippen LogP contribution is 2.13. The summed E-state index contributed by atoms with van der Waals surface area (Å²) in [6.07, 6.45) is 23.6. The Kier molecular flexibility index (Phi) is 39.2. The Hall–Kier alpha value is -1.60. The monoisotopic (exact) mass is 676 g/mol. The van der Waals surface area contributed by atoms with Crippen LogP contribution in [0.1, 0.15) is 110 Å². The van der Waals surface area contributed by atoms with E-state index in [1.807, 2.05) is 0 Å². The zero-order valence-electron chi connectivity index (χ0n) is 29.6. The largest absolute Gasteiger partial charge is 0.478 e. The van der Waals surface area contributed by atoms with Gasteiger partial charge in [0.15, 0.2) is 0 Å². The van der Waals surface area contributed by atoms with Crippen LogP contribution in [0.5, 0.6) is 0 Å². The first kappa shape index (κ1) is 45.4. The average molecular weight is 677 g/mol. The van der Waals surface area contributed by atoms with Crippen LogP contribution < -0.4 is 0 Å². The van der Waals surface area contributed by atoms with E-state index in [4.69, 9.17) is 43.0 Å². The molecule has 0 atom stereocenters. The Morgan fingerprint density at radius 1 is 0.383 bits per heavy atom. The summed E-state index contributed by atoms with van der Waals surface area (Å²) in [4.78, 5) is 21.4. The van der Waals surface area contributed by atoms with Crippen LogP contribution in [0, 0.1) is 0 Å². The van der Waals surface area contributed by atoms with E-state index in [1.165, 1.54) is 96.3 Å². The number of aliphatic carboxylic acids is 1. The van der Waals surface area contributed by atoms with E-state index >= 15 is 0 Å². The molecule has 0 unspecified atom stereocenters. The molecule has 0 bridgehead atoms. The maximum atomic E-state index is 11.1. The summed E-state index contributed by atoms with van der Waals surface area (Å²) in [5.74, 6) is -1.93. The third-order valence-electron chi connectivity index (χ3n) is 7.21. The Balaban J connectivity index is 3.09. The minimum absolute atomic E-state index is 0.0415. The number of hydrogen-bond acceptors (Lipinski definition) is 10. The number of carboxylic acids is 1. The zero-order valence-corrected chi connectivity index (χ0v) is 29.6. The summed E-state index contributed by atoms with van der Waals surface area (Å²) in [6, 6.07) is 0. The van der Waals surface area contributed by atoms with Gasteiger partial charge in [0.25, 0.3) is 0 Å². The van der Waals surface area contributed by atoms with E-state index < -0.39 is 11.9 Å². The second-order valence-electron chi connectivity index (χ2n) is 11.4. The van der Waals surface area contributed by atoms with Crippen LogP contribution in [0.2, 0.25) is 0 Å². The molecule has 0 aromatic carbocycles. The topological polar surface area (TPSA) is 128 Å². The van der Waals surface area contributed by atoms with Crippen molar-refractivity contribution in [3.8, 4) is 0 Å². The second kappa shape index (κ2) is 40.6. The van der Waals surface area contributed by atoms with E-state index in [1.54, 1.807) is 0 Å². The van der Waals surface area contributed by atoms with Gasteiger partial charge >= 0.3 is 11.9 Å². The van der Waals surface area contributed by atoms with Gasteiger partial charge in [0, 0.05) is 18.8 Å². The molecule has 1 N–H and O–H groups in total. The van der Waals surface area contributed by atoms with Gasteiger partial charge in [-0.2, -0.15) is 0 Å². The van der Waals surface area contributed by atoms with Gasteiger partial charge in [-0.15, -0.1) is 0 Å². The molecule has 0 aromatic heterocycles.